The van der Waals surface area contributed by atoms with Crippen molar-refractivity contribution < 1.29 is 9.53 Å². The van der Waals surface area contributed by atoms with E-state index in [1.165, 1.54) is 4.68 Å². The molecule has 0 unspecified atom stereocenters. The molecule has 1 aliphatic rings. The fraction of sp³-hybridized carbons (Fsp3) is 0.353. The average molecular weight is 368 g/mol. The minimum Gasteiger partial charge on any atom is -0.497 e. The van der Waals surface area contributed by atoms with Gasteiger partial charge in [0.2, 0.25) is 11.9 Å². The van der Waals surface area contributed by atoms with Crippen molar-refractivity contribution in [1.82, 2.24) is 35.3 Å². The summed E-state index contributed by atoms with van der Waals surface area (Å²) in [6.07, 6.45) is 1.43. The maximum Gasteiger partial charge on any atom is 0.244 e. The number of H-pyrrole nitrogens is 1. The lowest BCUT2D eigenvalue weighted by molar-refractivity contribution is -0.133. The molecular weight excluding hydrogens is 348 g/mol. The number of aromatic nitrogens is 6. The highest BCUT2D eigenvalue weighted by molar-refractivity contribution is 5.76. The minimum absolute atomic E-state index is 0.0276. The third-order valence-electron chi connectivity index (χ3n) is 4.75. The predicted octanol–water partition coefficient (Wildman–Crippen LogP) is 0.163. The molecule has 2 aromatic heterocycles. The van der Waals surface area contributed by atoms with Gasteiger partial charge in [-0.3, -0.25) is 9.89 Å². The zero-order valence-electron chi connectivity index (χ0n) is 14.9. The summed E-state index contributed by atoms with van der Waals surface area (Å²) in [5.41, 5.74) is 9.90. The number of hydrogen-bond acceptors (Lipinski definition) is 7. The van der Waals surface area contributed by atoms with Crippen molar-refractivity contribution in [3.8, 4) is 5.75 Å². The molecule has 0 radical (unpaired) electrons. The van der Waals surface area contributed by atoms with Gasteiger partial charge in [0.25, 0.3) is 0 Å². The summed E-state index contributed by atoms with van der Waals surface area (Å²) in [7, 11) is 1.65. The van der Waals surface area contributed by atoms with Gasteiger partial charge in [-0.2, -0.15) is 5.10 Å². The van der Waals surface area contributed by atoms with Crippen LogP contribution in [0.25, 0.3) is 0 Å². The molecule has 10 heteroatoms. The maximum atomic E-state index is 12.6. The summed E-state index contributed by atoms with van der Waals surface area (Å²) in [4.78, 5) is 14.4. The second-order valence-corrected chi connectivity index (χ2v) is 6.41. The monoisotopic (exact) mass is 368 g/mol. The Morgan fingerprint density at radius 3 is 2.85 bits per heavy atom. The number of carbonyl (C=O) groups excluding carboxylic acids is 1. The van der Waals surface area contributed by atoms with Gasteiger partial charge < -0.3 is 15.4 Å². The number of carbonyl (C=O) groups is 1. The molecule has 0 bridgehead atoms. The van der Waals surface area contributed by atoms with Crippen LogP contribution in [0.5, 0.6) is 5.75 Å². The summed E-state index contributed by atoms with van der Waals surface area (Å²) in [6.45, 7) is 1.16. The third-order valence-corrected chi connectivity index (χ3v) is 4.75. The van der Waals surface area contributed by atoms with Crippen molar-refractivity contribution in [1.29, 1.82) is 0 Å². The lowest BCUT2D eigenvalue weighted by atomic mass is 10.0. The molecule has 10 nitrogen and oxygen atoms in total. The van der Waals surface area contributed by atoms with Crippen LogP contribution in [0.2, 0.25) is 0 Å². The summed E-state index contributed by atoms with van der Waals surface area (Å²) >= 11 is 0. The van der Waals surface area contributed by atoms with Gasteiger partial charge in [0, 0.05) is 37.2 Å². The molecule has 3 aromatic rings. The van der Waals surface area contributed by atoms with Crippen LogP contribution in [0.4, 0.5) is 5.95 Å². The Labute approximate surface area is 155 Å². The van der Waals surface area contributed by atoms with E-state index in [1.54, 1.807) is 12.0 Å². The second-order valence-electron chi connectivity index (χ2n) is 6.41. The van der Waals surface area contributed by atoms with E-state index < -0.39 is 0 Å². The number of rotatable bonds is 5. The summed E-state index contributed by atoms with van der Waals surface area (Å²) < 4.78 is 6.49. The van der Waals surface area contributed by atoms with Crippen molar-refractivity contribution in [3.63, 3.8) is 0 Å². The summed E-state index contributed by atoms with van der Waals surface area (Å²) in [5.74, 6) is 0.877. The molecular formula is C17H20N8O2. The standard InChI is InChI=1S/C17H20N8O2/c1-27-12-4-2-11(3-5-12)8-15-13-9-24(7-6-14(13)19-20-15)16(26)10-25-17(18)21-22-23-25/h2-5H,6-10H2,1H3,(H,19,20)(H2,18,21,23). The van der Waals surface area contributed by atoms with Gasteiger partial charge in [0.05, 0.1) is 12.8 Å². The summed E-state index contributed by atoms with van der Waals surface area (Å²) in [6, 6.07) is 7.90. The van der Waals surface area contributed by atoms with E-state index in [1.807, 2.05) is 24.3 Å². The molecule has 0 aliphatic carbocycles. The number of anilines is 1. The number of amides is 1. The highest BCUT2D eigenvalue weighted by atomic mass is 16.5. The van der Waals surface area contributed by atoms with Gasteiger partial charge in [-0.15, -0.1) is 0 Å². The van der Waals surface area contributed by atoms with Gasteiger partial charge >= 0.3 is 0 Å². The molecule has 0 atom stereocenters. The van der Waals surface area contributed by atoms with Crippen LogP contribution >= 0.6 is 0 Å². The normalized spacial score (nSPS) is 13.4. The first-order valence-corrected chi connectivity index (χ1v) is 8.61. The Hall–Kier alpha value is -3.43. The van der Waals surface area contributed by atoms with Crippen molar-refractivity contribution in [2.75, 3.05) is 19.4 Å². The van der Waals surface area contributed by atoms with Crippen molar-refractivity contribution >= 4 is 11.9 Å². The average Bonchev–Trinajstić information content (AvgIpc) is 3.28. The molecule has 140 valence electrons. The number of nitrogens with one attached hydrogen (secondary N) is 1. The Bertz CT molecular complexity index is 946. The lowest BCUT2D eigenvalue weighted by Crippen LogP contribution is -2.38. The van der Waals surface area contributed by atoms with Crippen LogP contribution < -0.4 is 10.5 Å². The van der Waals surface area contributed by atoms with Crippen LogP contribution in [-0.4, -0.2) is 54.9 Å². The van der Waals surface area contributed by atoms with Crippen LogP contribution in [0.3, 0.4) is 0 Å². The molecule has 1 amide bonds. The second kappa shape index (κ2) is 7.06. The fourth-order valence-electron chi connectivity index (χ4n) is 3.20. The first-order valence-electron chi connectivity index (χ1n) is 8.61. The van der Waals surface area contributed by atoms with Gasteiger partial charge in [-0.05, 0) is 28.1 Å². The Morgan fingerprint density at radius 2 is 2.15 bits per heavy atom. The Morgan fingerprint density at radius 1 is 1.33 bits per heavy atom. The first-order chi connectivity index (χ1) is 13.1. The molecule has 4 rings (SSSR count). The summed E-state index contributed by atoms with van der Waals surface area (Å²) in [5, 5.41) is 18.4. The molecule has 0 saturated carbocycles. The highest BCUT2D eigenvalue weighted by Crippen LogP contribution is 2.23. The highest BCUT2D eigenvalue weighted by Gasteiger charge is 2.25. The lowest BCUT2D eigenvalue weighted by Gasteiger charge is -2.27. The van der Waals surface area contributed by atoms with Gasteiger partial charge in [-0.1, -0.05) is 17.2 Å². The molecule has 1 aromatic carbocycles. The largest absolute Gasteiger partial charge is 0.497 e. The van der Waals surface area contributed by atoms with Crippen molar-refractivity contribution in [3.05, 3.63) is 46.8 Å². The van der Waals surface area contributed by atoms with E-state index in [0.717, 1.165) is 34.7 Å². The van der Waals surface area contributed by atoms with Crippen LogP contribution in [-0.2, 0) is 30.7 Å². The number of nitrogen functional groups attached to an aromatic ring is 1. The number of benzene rings is 1. The minimum atomic E-state index is -0.0729. The van der Waals surface area contributed by atoms with Gasteiger partial charge in [0.15, 0.2) is 0 Å². The topological polar surface area (TPSA) is 128 Å². The van der Waals surface area contributed by atoms with Crippen molar-refractivity contribution in [2.45, 2.75) is 25.9 Å². The molecule has 0 fully saturated rings. The van der Waals surface area contributed by atoms with E-state index in [0.29, 0.717) is 19.5 Å². The molecule has 3 N–H and O–H groups in total. The third kappa shape index (κ3) is 3.46. The molecule has 0 spiro atoms. The van der Waals surface area contributed by atoms with E-state index in [2.05, 4.69) is 25.7 Å². The maximum absolute atomic E-state index is 12.6. The van der Waals surface area contributed by atoms with Crippen molar-refractivity contribution in [2.24, 2.45) is 0 Å². The fourth-order valence-corrected chi connectivity index (χ4v) is 3.20. The van der Waals surface area contributed by atoms with E-state index in [-0.39, 0.29) is 18.4 Å². The smallest absolute Gasteiger partial charge is 0.244 e. The number of methoxy groups -OCH3 is 1. The Balaban J connectivity index is 1.47. The zero-order valence-corrected chi connectivity index (χ0v) is 14.9. The number of nitrogens with two attached hydrogens (primary N) is 1. The van der Waals surface area contributed by atoms with Crippen LogP contribution in [0.15, 0.2) is 24.3 Å². The first kappa shape index (κ1) is 17.0. The molecule has 3 heterocycles. The molecule has 0 saturated heterocycles. The number of ether oxygens (including phenoxy) is 1. The molecule has 1 aliphatic heterocycles. The zero-order chi connectivity index (χ0) is 18.8. The van der Waals surface area contributed by atoms with E-state index in [9.17, 15) is 4.79 Å². The number of tetrazole rings is 1. The van der Waals surface area contributed by atoms with Gasteiger partial charge in [0.1, 0.15) is 12.3 Å². The van der Waals surface area contributed by atoms with Gasteiger partial charge in [-0.25, -0.2) is 4.68 Å². The SMILES string of the molecule is COc1ccc(Cc2n[nH]c3c2CN(C(=O)Cn2nnnc2N)CC3)cc1. The number of aromatic amines is 1. The van der Waals surface area contributed by atoms with E-state index in [4.69, 9.17) is 10.5 Å². The predicted molar refractivity (Wildman–Crippen MR) is 95.7 cm³/mol. The van der Waals surface area contributed by atoms with E-state index >= 15 is 0 Å². The number of nitrogens with zero attached hydrogens (tertiary/aromatic N) is 6. The Kier molecular flexibility index (Phi) is 4.45. The number of fused-ring (bicyclic) bond motifs is 1. The van der Waals surface area contributed by atoms with Crippen LogP contribution in [0.1, 0.15) is 22.5 Å². The van der Waals surface area contributed by atoms with Crippen LogP contribution in [0, 0.1) is 0 Å². The number of hydrogen-bond donors (Lipinski definition) is 2. The molecule has 27 heavy (non-hydrogen) atoms. The quantitative estimate of drug-likeness (QED) is 0.656.